The molecular formula is C55H90O10. The van der Waals surface area contributed by atoms with Gasteiger partial charge in [-0.2, -0.15) is 0 Å². The summed E-state index contributed by atoms with van der Waals surface area (Å²) >= 11 is 0. The van der Waals surface area contributed by atoms with Gasteiger partial charge in [0.05, 0.1) is 13.2 Å². The summed E-state index contributed by atoms with van der Waals surface area (Å²) in [7, 11) is 0. The van der Waals surface area contributed by atoms with Crippen LogP contribution in [0, 0.1) is 0 Å². The van der Waals surface area contributed by atoms with Gasteiger partial charge < -0.3 is 39.4 Å². The van der Waals surface area contributed by atoms with Gasteiger partial charge in [-0.25, -0.2) is 0 Å². The van der Waals surface area contributed by atoms with E-state index in [1.54, 1.807) is 0 Å². The zero-order valence-corrected chi connectivity index (χ0v) is 40.4. The lowest BCUT2D eigenvalue weighted by Gasteiger charge is -2.39. The molecule has 0 radical (unpaired) electrons. The first-order valence-electron chi connectivity index (χ1n) is 25.3. The zero-order chi connectivity index (χ0) is 47.3. The third-order valence-electron chi connectivity index (χ3n) is 10.9. The summed E-state index contributed by atoms with van der Waals surface area (Å²) < 4.78 is 22.1. The van der Waals surface area contributed by atoms with Crippen molar-refractivity contribution in [3.8, 4) is 0 Å². The highest BCUT2D eigenvalue weighted by molar-refractivity contribution is 5.70. The van der Waals surface area contributed by atoms with Gasteiger partial charge in [0.2, 0.25) is 0 Å². The minimum absolute atomic E-state index is 0.175. The Labute approximate surface area is 394 Å². The summed E-state index contributed by atoms with van der Waals surface area (Å²) in [6.07, 6.45) is 52.7. The fourth-order valence-corrected chi connectivity index (χ4v) is 6.93. The van der Waals surface area contributed by atoms with Gasteiger partial charge >= 0.3 is 11.9 Å². The van der Waals surface area contributed by atoms with E-state index in [2.05, 4.69) is 105 Å². The standard InChI is InChI=1S/C55H90O10/c1-3-5-7-9-11-13-15-17-19-21-23-24-26-27-29-31-33-35-37-39-41-43-50(57)62-46-48(47-63-55-54(61)53(60)52(59)49(45-56)65-55)64-51(58)44-42-40-38-36-34-32-30-28-25-22-20-18-16-14-12-10-8-6-4-2/h12,14,18-21,24-26,28-29,31-32,34-35,37,48-49,52-56,59-61H,3-11,13,15-17,22-23,27,30,33,36,38-47H2,1-2H3/b14-12+,20-18+,21-19+,26-24+,28-25+,31-29+,34-32+,37-35+/t48-,49-,52+,53?,54?,55-/m0/s1. The van der Waals surface area contributed by atoms with Crippen LogP contribution >= 0.6 is 0 Å². The van der Waals surface area contributed by atoms with Crippen LogP contribution in [0.15, 0.2) is 97.2 Å². The number of aliphatic hydroxyl groups excluding tert-OH is 4. The molecule has 4 N–H and O–H groups in total. The van der Waals surface area contributed by atoms with Gasteiger partial charge in [-0.05, 0) is 96.3 Å². The molecule has 0 aliphatic carbocycles. The smallest absolute Gasteiger partial charge is 0.306 e. The van der Waals surface area contributed by atoms with E-state index >= 15 is 0 Å². The second-order valence-corrected chi connectivity index (χ2v) is 16.9. The number of aliphatic hydroxyl groups is 4. The average molecular weight is 911 g/mol. The molecule has 1 fully saturated rings. The third-order valence-corrected chi connectivity index (χ3v) is 10.9. The van der Waals surface area contributed by atoms with Gasteiger partial charge in [-0.15, -0.1) is 0 Å². The largest absolute Gasteiger partial charge is 0.462 e. The molecule has 0 aromatic carbocycles. The Morgan fingerprint density at radius 1 is 0.477 bits per heavy atom. The summed E-state index contributed by atoms with van der Waals surface area (Å²) in [6.45, 7) is 3.30. The van der Waals surface area contributed by atoms with Crippen LogP contribution < -0.4 is 0 Å². The Bertz CT molecular complexity index is 1380. The van der Waals surface area contributed by atoms with Crippen molar-refractivity contribution in [3.63, 3.8) is 0 Å². The van der Waals surface area contributed by atoms with E-state index in [4.69, 9.17) is 18.9 Å². The second kappa shape index (κ2) is 44.5. The van der Waals surface area contributed by atoms with E-state index in [9.17, 15) is 30.0 Å². The molecule has 10 nitrogen and oxygen atoms in total. The molecule has 0 saturated carbocycles. The molecule has 65 heavy (non-hydrogen) atoms. The Morgan fingerprint density at radius 3 is 1.37 bits per heavy atom. The maximum absolute atomic E-state index is 12.8. The number of hydrogen-bond acceptors (Lipinski definition) is 10. The fourth-order valence-electron chi connectivity index (χ4n) is 6.93. The van der Waals surface area contributed by atoms with Crippen LogP contribution in [-0.2, 0) is 28.5 Å². The van der Waals surface area contributed by atoms with Crippen LogP contribution in [0.3, 0.4) is 0 Å². The molecule has 0 spiro atoms. The van der Waals surface area contributed by atoms with E-state index in [0.29, 0.717) is 12.8 Å². The predicted molar refractivity (Wildman–Crippen MR) is 265 cm³/mol. The highest BCUT2D eigenvalue weighted by Crippen LogP contribution is 2.22. The third kappa shape index (κ3) is 35.5. The number of carbonyl (C=O) groups excluding carboxylic acids is 2. The fraction of sp³-hybridized carbons (Fsp3) is 0.673. The van der Waals surface area contributed by atoms with Crippen LogP contribution in [-0.4, -0.2) is 89.0 Å². The van der Waals surface area contributed by atoms with E-state index in [1.807, 2.05) is 6.08 Å². The van der Waals surface area contributed by atoms with Gasteiger partial charge in [-0.3, -0.25) is 9.59 Å². The van der Waals surface area contributed by atoms with Crippen molar-refractivity contribution < 1.29 is 49.0 Å². The normalized spacial score (nSPS) is 20.1. The SMILES string of the molecule is CCCCC/C=C/C/C=C/C/C=C/C/C=C/CCCCCC(=O)O[C@@H](COC(=O)CCC/C=C/C/C=C/C/C=C/C/C=C/CCCCCCCCC)CO[C@H]1O[C@@H](CO)[C@@H](O)C(O)C1O. The number of allylic oxidation sites excluding steroid dienone is 16. The van der Waals surface area contributed by atoms with Gasteiger partial charge in [0.15, 0.2) is 12.4 Å². The first kappa shape index (κ1) is 59.6. The van der Waals surface area contributed by atoms with Crippen LogP contribution in [0.25, 0.3) is 0 Å². The number of esters is 2. The van der Waals surface area contributed by atoms with Gasteiger partial charge in [0.25, 0.3) is 0 Å². The molecule has 1 aliphatic heterocycles. The maximum Gasteiger partial charge on any atom is 0.306 e. The molecule has 1 heterocycles. The molecular weight excluding hydrogens is 821 g/mol. The van der Waals surface area contributed by atoms with Gasteiger partial charge in [0, 0.05) is 12.8 Å². The van der Waals surface area contributed by atoms with Crippen molar-refractivity contribution in [1.29, 1.82) is 0 Å². The van der Waals surface area contributed by atoms with E-state index in [0.717, 1.165) is 64.2 Å². The molecule has 10 heteroatoms. The highest BCUT2D eigenvalue weighted by Gasteiger charge is 2.44. The Morgan fingerprint density at radius 2 is 0.877 bits per heavy atom. The molecule has 1 saturated heterocycles. The summed E-state index contributed by atoms with van der Waals surface area (Å²) in [5.74, 6) is -0.915. The molecule has 1 rings (SSSR count). The molecule has 0 bridgehead atoms. The van der Waals surface area contributed by atoms with Gasteiger partial charge in [-0.1, -0.05) is 169 Å². The number of hydrogen-bond donors (Lipinski definition) is 4. The van der Waals surface area contributed by atoms with Crippen LogP contribution in [0.5, 0.6) is 0 Å². The van der Waals surface area contributed by atoms with E-state index in [1.165, 1.54) is 77.0 Å². The summed E-state index contributed by atoms with van der Waals surface area (Å²) in [5.41, 5.74) is 0. The van der Waals surface area contributed by atoms with Crippen LogP contribution in [0.4, 0.5) is 0 Å². The maximum atomic E-state index is 12.8. The van der Waals surface area contributed by atoms with E-state index in [-0.39, 0.29) is 26.1 Å². The summed E-state index contributed by atoms with van der Waals surface area (Å²) in [5, 5.41) is 40.2. The zero-order valence-electron chi connectivity index (χ0n) is 40.4. The van der Waals surface area contributed by atoms with Crippen molar-refractivity contribution in [2.45, 2.75) is 218 Å². The lowest BCUT2D eigenvalue weighted by atomic mass is 9.99. The first-order valence-corrected chi connectivity index (χ1v) is 25.3. The van der Waals surface area contributed by atoms with Crippen molar-refractivity contribution in [2.24, 2.45) is 0 Å². The summed E-state index contributed by atoms with van der Waals surface area (Å²) in [6, 6.07) is 0. The molecule has 1 aliphatic rings. The first-order chi connectivity index (χ1) is 31.8. The Hall–Kier alpha value is -3.38. The minimum atomic E-state index is -1.62. The molecule has 0 amide bonds. The summed E-state index contributed by atoms with van der Waals surface area (Å²) in [4.78, 5) is 25.4. The van der Waals surface area contributed by atoms with Crippen molar-refractivity contribution in [2.75, 3.05) is 19.8 Å². The predicted octanol–water partition coefficient (Wildman–Crippen LogP) is 11.9. The monoisotopic (exact) mass is 911 g/mol. The quantitative estimate of drug-likeness (QED) is 0.0265. The minimum Gasteiger partial charge on any atom is -0.462 e. The van der Waals surface area contributed by atoms with Crippen molar-refractivity contribution in [3.05, 3.63) is 97.2 Å². The number of rotatable bonds is 41. The number of carbonyl (C=O) groups is 2. The second-order valence-electron chi connectivity index (χ2n) is 16.9. The van der Waals surface area contributed by atoms with Crippen molar-refractivity contribution in [1.82, 2.24) is 0 Å². The Kier molecular flexibility index (Phi) is 40.8. The van der Waals surface area contributed by atoms with Crippen LogP contribution in [0.2, 0.25) is 0 Å². The molecule has 6 atom stereocenters. The number of unbranched alkanes of at least 4 members (excludes halogenated alkanes) is 14. The lowest BCUT2D eigenvalue weighted by Crippen LogP contribution is -2.59. The number of ether oxygens (including phenoxy) is 4. The van der Waals surface area contributed by atoms with Gasteiger partial charge in [0.1, 0.15) is 31.0 Å². The Balaban J connectivity index is 2.36. The van der Waals surface area contributed by atoms with Crippen molar-refractivity contribution >= 4 is 11.9 Å². The molecule has 370 valence electrons. The highest BCUT2D eigenvalue weighted by atomic mass is 16.7. The molecule has 0 aromatic rings. The topological polar surface area (TPSA) is 152 Å². The van der Waals surface area contributed by atoms with E-state index < -0.39 is 55.4 Å². The average Bonchev–Trinajstić information content (AvgIpc) is 3.30. The molecule has 0 aromatic heterocycles. The van der Waals surface area contributed by atoms with Crippen LogP contribution in [0.1, 0.15) is 181 Å². The molecule has 2 unspecified atom stereocenters. The lowest BCUT2D eigenvalue weighted by molar-refractivity contribution is -0.305.